The number of likely N-dealkylation sites (tertiary alicyclic amines) is 1. The molecule has 3 heteroatoms. The standard InChI is InChI=1S/C12H25NO2/c1-11(2)6-5-7-12(3,4)13(11)8-10(15)9-14/h10,14-15H,5-9H2,1-4H3. The van der Waals surface area contributed by atoms with Gasteiger partial charge in [-0.2, -0.15) is 0 Å². The molecule has 1 aliphatic heterocycles. The van der Waals surface area contributed by atoms with E-state index in [2.05, 4.69) is 32.6 Å². The predicted octanol–water partition coefficient (Wildman–Crippen LogP) is 1.38. The van der Waals surface area contributed by atoms with E-state index in [4.69, 9.17) is 5.11 Å². The molecule has 1 heterocycles. The molecule has 0 aromatic carbocycles. The van der Waals surface area contributed by atoms with Crippen molar-refractivity contribution in [2.45, 2.75) is 64.1 Å². The van der Waals surface area contributed by atoms with Crippen LogP contribution in [-0.2, 0) is 0 Å². The highest BCUT2D eigenvalue weighted by Crippen LogP contribution is 2.37. The fourth-order valence-electron chi connectivity index (χ4n) is 2.81. The molecule has 1 aliphatic rings. The Bertz CT molecular complexity index is 198. The van der Waals surface area contributed by atoms with Crippen LogP contribution in [0.4, 0.5) is 0 Å². The zero-order chi connectivity index (χ0) is 11.7. The molecule has 0 amide bonds. The molecule has 90 valence electrons. The number of hydrogen-bond donors (Lipinski definition) is 2. The first-order chi connectivity index (χ1) is 6.79. The SMILES string of the molecule is CC1(C)CCCC(C)(C)N1CC(O)CO. The van der Waals surface area contributed by atoms with E-state index in [9.17, 15) is 5.11 Å². The minimum atomic E-state index is -0.623. The Balaban J connectivity index is 2.77. The van der Waals surface area contributed by atoms with E-state index >= 15 is 0 Å². The molecule has 0 spiro atoms. The lowest BCUT2D eigenvalue weighted by atomic mass is 9.79. The van der Waals surface area contributed by atoms with Gasteiger partial charge in [0, 0.05) is 17.6 Å². The van der Waals surface area contributed by atoms with Crippen molar-refractivity contribution < 1.29 is 10.2 Å². The third-order valence-electron chi connectivity index (χ3n) is 3.64. The molecule has 0 aromatic rings. The molecule has 1 unspecified atom stereocenters. The molecule has 0 aromatic heterocycles. The Morgan fingerprint density at radius 2 is 1.60 bits per heavy atom. The maximum atomic E-state index is 9.58. The van der Waals surface area contributed by atoms with Crippen LogP contribution >= 0.6 is 0 Å². The van der Waals surface area contributed by atoms with Crippen LogP contribution in [0, 0.1) is 0 Å². The lowest BCUT2D eigenvalue weighted by Crippen LogP contribution is -2.60. The van der Waals surface area contributed by atoms with Gasteiger partial charge in [0.05, 0.1) is 12.7 Å². The van der Waals surface area contributed by atoms with Crippen LogP contribution in [0.5, 0.6) is 0 Å². The number of rotatable bonds is 3. The monoisotopic (exact) mass is 215 g/mol. The number of nitrogens with zero attached hydrogens (tertiary/aromatic N) is 1. The van der Waals surface area contributed by atoms with Gasteiger partial charge in [-0.15, -0.1) is 0 Å². The minimum Gasteiger partial charge on any atom is -0.394 e. The van der Waals surface area contributed by atoms with Gasteiger partial charge >= 0.3 is 0 Å². The Labute approximate surface area is 93.1 Å². The number of aliphatic hydroxyl groups is 2. The fourth-order valence-corrected chi connectivity index (χ4v) is 2.81. The summed E-state index contributed by atoms with van der Waals surface area (Å²) in [7, 11) is 0. The van der Waals surface area contributed by atoms with E-state index in [0.29, 0.717) is 6.54 Å². The lowest BCUT2D eigenvalue weighted by Gasteiger charge is -2.53. The summed E-state index contributed by atoms with van der Waals surface area (Å²) in [6.45, 7) is 9.30. The zero-order valence-electron chi connectivity index (χ0n) is 10.5. The van der Waals surface area contributed by atoms with Gasteiger partial charge in [-0.3, -0.25) is 4.90 Å². The summed E-state index contributed by atoms with van der Waals surface area (Å²) in [5.74, 6) is 0. The summed E-state index contributed by atoms with van der Waals surface area (Å²) in [5.41, 5.74) is 0.246. The maximum absolute atomic E-state index is 9.58. The smallest absolute Gasteiger partial charge is 0.0897 e. The van der Waals surface area contributed by atoms with Crippen LogP contribution in [0.3, 0.4) is 0 Å². The summed E-state index contributed by atoms with van der Waals surface area (Å²) in [4.78, 5) is 2.34. The van der Waals surface area contributed by atoms with Crippen molar-refractivity contribution in [3.05, 3.63) is 0 Å². The van der Waals surface area contributed by atoms with Crippen molar-refractivity contribution in [3.63, 3.8) is 0 Å². The minimum absolute atomic E-state index is 0.123. The Morgan fingerprint density at radius 3 is 2.00 bits per heavy atom. The van der Waals surface area contributed by atoms with Crippen LogP contribution in [0.2, 0.25) is 0 Å². The van der Waals surface area contributed by atoms with Crippen molar-refractivity contribution in [3.8, 4) is 0 Å². The van der Waals surface area contributed by atoms with E-state index in [1.54, 1.807) is 0 Å². The molecule has 1 saturated heterocycles. The molecule has 1 fully saturated rings. The molecule has 0 bridgehead atoms. The van der Waals surface area contributed by atoms with E-state index in [1.165, 1.54) is 6.42 Å². The number of piperidine rings is 1. The molecule has 15 heavy (non-hydrogen) atoms. The number of hydrogen-bond acceptors (Lipinski definition) is 3. The second-order valence-electron chi connectivity index (χ2n) is 5.93. The van der Waals surface area contributed by atoms with E-state index in [1.807, 2.05) is 0 Å². The summed E-state index contributed by atoms with van der Waals surface area (Å²) < 4.78 is 0. The Hall–Kier alpha value is -0.120. The summed E-state index contributed by atoms with van der Waals surface area (Å²) in [5, 5.41) is 18.5. The molecule has 0 aliphatic carbocycles. The molecule has 0 radical (unpaired) electrons. The van der Waals surface area contributed by atoms with Crippen LogP contribution < -0.4 is 0 Å². The van der Waals surface area contributed by atoms with Crippen molar-refractivity contribution in [1.29, 1.82) is 0 Å². The zero-order valence-corrected chi connectivity index (χ0v) is 10.5. The number of aliphatic hydroxyl groups excluding tert-OH is 2. The highest BCUT2D eigenvalue weighted by molar-refractivity contribution is 4.97. The second kappa shape index (κ2) is 4.40. The van der Waals surface area contributed by atoms with Gasteiger partial charge in [0.2, 0.25) is 0 Å². The van der Waals surface area contributed by atoms with Crippen LogP contribution in [0.1, 0.15) is 47.0 Å². The summed E-state index contributed by atoms with van der Waals surface area (Å²) in [6, 6.07) is 0. The second-order valence-corrected chi connectivity index (χ2v) is 5.93. The first kappa shape index (κ1) is 12.9. The van der Waals surface area contributed by atoms with Crippen LogP contribution in [0.15, 0.2) is 0 Å². The predicted molar refractivity (Wildman–Crippen MR) is 61.8 cm³/mol. The maximum Gasteiger partial charge on any atom is 0.0897 e. The molecule has 1 rings (SSSR count). The van der Waals surface area contributed by atoms with Crippen molar-refractivity contribution in [2.24, 2.45) is 0 Å². The molecule has 1 atom stereocenters. The van der Waals surface area contributed by atoms with Gasteiger partial charge in [-0.25, -0.2) is 0 Å². The van der Waals surface area contributed by atoms with Crippen LogP contribution in [-0.4, -0.2) is 45.4 Å². The third kappa shape index (κ3) is 2.92. The van der Waals surface area contributed by atoms with Crippen molar-refractivity contribution in [2.75, 3.05) is 13.2 Å². The quantitative estimate of drug-likeness (QED) is 0.747. The van der Waals surface area contributed by atoms with Gasteiger partial charge in [0.1, 0.15) is 0 Å². The van der Waals surface area contributed by atoms with Crippen molar-refractivity contribution >= 4 is 0 Å². The van der Waals surface area contributed by atoms with Crippen LogP contribution in [0.25, 0.3) is 0 Å². The van der Waals surface area contributed by atoms with E-state index in [0.717, 1.165) is 12.8 Å². The molecular weight excluding hydrogens is 190 g/mol. The Kier molecular flexibility index (Phi) is 3.80. The first-order valence-electron chi connectivity index (χ1n) is 5.86. The largest absolute Gasteiger partial charge is 0.394 e. The van der Waals surface area contributed by atoms with E-state index < -0.39 is 6.10 Å². The van der Waals surface area contributed by atoms with Crippen molar-refractivity contribution in [1.82, 2.24) is 4.90 Å². The average Bonchev–Trinajstić information content (AvgIpc) is 2.10. The summed E-state index contributed by atoms with van der Waals surface area (Å²) in [6.07, 6.45) is 2.94. The fraction of sp³-hybridized carbons (Fsp3) is 1.00. The first-order valence-corrected chi connectivity index (χ1v) is 5.86. The van der Waals surface area contributed by atoms with Gasteiger partial charge in [0.15, 0.2) is 0 Å². The summed E-state index contributed by atoms with van der Waals surface area (Å²) >= 11 is 0. The topological polar surface area (TPSA) is 43.7 Å². The third-order valence-corrected chi connectivity index (χ3v) is 3.64. The number of β-amino-alcohol motifs (C(OH)–C–C–N with tert-alkyl or cyclic N) is 1. The average molecular weight is 215 g/mol. The van der Waals surface area contributed by atoms with Gasteiger partial charge in [-0.05, 0) is 47.0 Å². The van der Waals surface area contributed by atoms with Gasteiger partial charge in [0.25, 0.3) is 0 Å². The Morgan fingerprint density at radius 1 is 1.13 bits per heavy atom. The molecule has 0 saturated carbocycles. The molecule has 2 N–H and O–H groups in total. The molecular formula is C12H25NO2. The molecule has 3 nitrogen and oxygen atoms in total. The van der Waals surface area contributed by atoms with Gasteiger partial charge < -0.3 is 10.2 Å². The highest BCUT2D eigenvalue weighted by Gasteiger charge is 2.41. The normalized spacial score (nSPS) is 27.6. The lowest BCUT2D eigenvalue weighted by molar-refractivity contribution is -0.0625. The highest BCUT2D eigenvalue weighted by atomic mass is 16.3. The van der Waals surface area contributed by atoms with E-state index in [-0.39, 0.29) is 17.7 Å². The van der Waals surface area contributed by atoms with Gasteiger partial charge in [-0.1, -0.05) is 0 Å².